The van der Waals surface area contributed by atoms with Crippen LogP contribution in [0.2, 0.25) is 0 Å². The van der Waals surface area contributed by atoms with Gasteiger partial charge >= 0.3 is 11.7 Å². The monoisotopic (exact) mass is 331 g/mol. The number of hydrogen-bond acceptors (Lipinski definition) is 4. The van der Waals surface area contributed by atoms with Gasteiger partial charge in [-0.05, 0) is 36.6 Å². The summed E-state index contributed by atoms with van der Waals surface area (Å²) in [7, 11) is 0. The first kappa shape index (κ1) is 17.6. The molecule has 0 N–H and O–H groups in total. The molecule has 0 atom stereocenters. The third kappa shape index (κ3) is 4.62. The first-order chi connectivity index (χ1) is 11.5. The van der Waals surface area contributed by atoms with E-state index >= 15 is 0 Å². The van der Waals surface area contributed by atoms with Gasteiger partial charge in [0.1, 0.15) is 5.75 Å². The SMILES string of the molecule is CCCCCc1ccc(C(=O)Oc2ccc([N+](=O)[O-])c(F)c2)cc1. The highest BCUT2D eigenvalue weighted by molar-refractivity contribution is 5.91. The zero-order valence-corrected chi connectivity index (χ0v) is 13.3. The van der Waals surface area contributed by atoms with Gasteiger partial charge in [0.05, 0.1) is 10.5 Å². The molecule has 0 aliphatic carbocycles. The highest BCUT2D eigenvalue weighted by Gasteiger charge is 2.16. The lowest BCUT2D eigenvalue weighted by Gasteiger charge is -2.06. The molecule has 2 aromatic rings. The number of nitrogens with zero attached hydrogens (tertiary/aromatic N) is 1. The fourth-order valence-electron chi connectivity index (χ4n) is 2.25. The van der Waals surface area contributed by atoms with Crippen LogP contribution in [0.4, 0.5) is 10.1 Å². The summed E-state index contributed by atoms with van der Waals surface area (Å²) in [5.41, 5.74) is 0.820. The van der Waals surface area contributed by atoms with Crippen LogP contribution in [0, 0.1) is 15.9 Å². The van der Waals surface area contributed by atoms with Crippen LogP contribution < -0.4 is 4.74 Å². The molecule has 6 heteroatoms. The van der Waals surface area contributed by atoms with E-state index in [9.17, 15) is 19.3 Å². The summed E-state index contributed by atoms with van der Waals surface area (Å²) in [6.45, 7) is 2.14. The number of hydrogen-bond donors (Lipinski definition) is 0. The van der Waals surface area contributed by atoms with Gasteiger partial charge in [0, 0.05) is 12.1 Å². The zero-order chi connectivity index (χ0) is 17.5. The Morgan fingerprint density at radius 3 is 2.46 bits per heavy atom. The molecule has 2 rings (SSSR count). The molecule has 0 fully saturated rings. The Balaban J connectivity index is 2.01. The quantitative estimate of drug-likeness (QED) is 0.243. The molecule has 0 bridgehead atoms. The Kier molecular flexibility index (Phi) is 6.01. The standard InChI is InChI=1S/C18H18FNO4/c1-2-3-4-5-13-6-8-14(9-7-13)18(21)24-15-10-11-17(20(22)23)16(19)12-15/h6-12H,2-5H2,1H3. The fraction of sp³-hybridized carbons (Fsp3) is 0.278. The van der Waals surface area contributed by atoms with Gasteiger partial charge in [-0.2, -0.15) is 4.39 Å². The van der Waals surface area contributed by atoms with Crippen LogP contribution in [-0.4, -0.2) is 10.9 Å². The number of aryl methyl sites for hydroxylation is 1. The summed E-state index contributed by atoms with van der Waals surface area (Å²) in [4.78, 5) is 21.8. The molecule has 0 spiro atoms. The average molecular weight is 331 g/mol. The van der Waals surface area contributed by atoms with E-state index in [1.807, 2.05) is 12.1 Å². The highest BCUT2D eigenvalue weighted by atomic mass is 19.1. The molecule has 0 aromatic heterocycles. The number of carbonyl (C=O) groups is 1. The second-order valence-electron chi connectivity index (χ2n) is 5.41. The van der Waals surface area contributed by atoms with Crippen LogP contribution >= 0.6 is 0 Å². The number of nitro groups is 1. The molecule has 126 valence electrons. The van der Waals surface area contributed by atoms with Crippen molar-refractivity contribution in [2.45, 2.75) is 32.6 Å². The molecule has 0 aliphatic heterocycles. The summed E-state index contributed by atoms with van der Waals surface area (Å²) in [6, 6.07) is 10.0. The van der Waals surface area contributed by atoms with E-state index in [1.54, 1.807) is 12.1 Å². The van der Waals surface area contributed by atoms with Crippen molar-refractivity contribution in [1.82, 2.24) is 0 Å². The molecule has 24 heavy (non-hydrogen) atoms. The highest BCUT2D eigenvalue weighted by Crippen LogP contribution is 2.23. The first-order valence-electron chi connectivity index (χ1n) is 7.76. The number of halogens is 1. The van der Waals surface area contributed by atoms with Crippen LogP contribution in [0.1, 0.15) is 42.1 Å². The van der Waals surface area contributed by atoms with E-state index in [1.165, 1.54) is 6.07 Å². The van der Waals surface area contributed by atoms with Crippen molar-refractivity contribution in [2.24, 2.45) is 0 Å². The Labute approximate surface area is 139 Å². The third-order valence-electron chi connectivity index (χ3n) is 3.59. The maximum atomic E-state index is 13.5. The van der Waals surface area contributed by atoms with Crippen LogP contribution in [-0.2, 0) is 6.42 Å². The summed E-state index contributed by atoms with van der Waals surface area (Å²) < 4.78 is 18.6. The topological polar surface area (TPSA) is 69.4 Å². The van der Waals surface area contributed by atoms with Gasteiger partial charge in [-0.25, -0.2) is 4.79 Å². The Hall–Kier alpha value is -2.76. The lowest BCUT2D eigenvalue weighted by Crippen LogP contribution is -2.09. The van der Waals surface area contributed by atoms with Gasteiger partial charge in [-0.1, -0.05) is 31.9 Å². The van der Waals surface area contributed by atoms with Gasteiger partial charge in [0.15, 0.2) is 0 Å². The molecule has 0 radical (unpaired) electrons. The van der Waals surface area contributed by atoms with Crippen molar-refractivity contribution in [2.75, 3.05) is 0 Å². The molecular weight excluding hydrogens is 313 g/mol. The predicted molar refractivity (Wildman–Crippen MR) is 87.7 cm³/mol. The van der Waals surface area contributed by atoms with Crippen molar-refractivity contribution in [1.29, 1.82) is 0 Å². The summed E-state index contributed by atoms with van der Waals surface area (Å²) in [5.74, 6) is -1.75. The third-order valence-corrected chi connectivity index (χ3v) is 3.59. The average Bonchev–Trinajstić information content (AvgIpc) is 2.55. The normalized spacial score (nSPS) is 10.4. The van der Waals surface area contributed by atoms with Crippen molar-refractivity contribution < 1.29 is 18.8 Å². The minimum atomic E-state index is -1.04. The number of nitro benzene ring substituents is 1. The van der Waals surface area contributed by atoms with Crippen LogP contribution in [0.3, 0.4) is 0 Å². The Bertz CT molecular complexity index is 728. The number of esters is 1. The molecule has 0 aliphatic rings. The minimum Gasteiger partial charge on any atom is -0.423 e. The van der Waals surface area contributed by atoms with Crippen LogP contribution in [0.25, 0.3) is 0 Å². The second kappa shape index (κ2) is 8.19. The van der Waals surface area contributed by atoms with Crippen molar-refractivity contribution in [3.05, 3.63) is 69.5 Å². The smallest absolute Gasteiger partial charge is 0.343 e. The Morgan fingerprint density at radius 1 is 1.17 bits per heavy atom. The number of rotatable bonds is 7. The van der Waals surface area contributed by atoms with E-state index in [4.69, 9.17) is 4.74 Å². The largest absolute Gasteiger partial charge is 0.423 e. The molecular formula is C18H18FNO4. The summed E-state index contributed by atoms with van der Waals surface area (Å²) >= 11 is 0. The van der Waals surface area contributed by atoms with Gasteiger partial charge in [0.25, 0.3) is 0 Å². The number of benzene rings is 2. The van der Waals surface area contributed by atoms with Crippen molar-refractivity contribution >= 4 is 11.7 Å². The lowest BCUT2D eigenvalue weighted by atomic mass is 10.1. The Morgan fingerprint density at radius 2 is 1.88 bits per heavy atom. The summed E-state index contributed by atoms with van der Waals surface area (Å²) in [5, 5.41) is 10.6. The minimum absolute atomic E-state index is 0.0740. The molecule has 0 saturated carbocycles. The van der Waals surface area contributed by atoms with E-state index < -0.39 is 22.4 Å². The molecule has 0 amide bonds. The lowest BCUT2D eigenvalue weighted by molar-refractivity contribution is -0.387. The molecule has 0 saturated heterocycles. The number of ether oxygens (including phenoxy) is 1. The van der Waals surface area contributed by atoms with Crippen molar-refractivity contribution in [3.63, 3.8) is 0 Å². The first-order valence-corrected chi connectivity index (χ1v) is 7.76. The molecule has 2 aromatic carbocycles. The number of carbonyl (C=O) groups excluding carboxylic acids is 1. The molecule has 0 heterocycles. The van der Waals surface area contributed by atoms with Gasteiger partial charge in [0.2, 0.25) is 5.82 Å². The van der Waals surface area contributed by atoms with Crippen molar-refractivity contribution in [3.8, 4) is 5.75 Å². The van der Waals surface area contributed by atoms with Gasteiger partial charge in [-0.3, -0.25) is 10.1 Å². The maximum absolute atomic E-state index is 13.5. The zero-order valence-electron chi connectivity index (χ0n) is 13.3. The second-order valence-corrected chi connectivity index (χ2v) is 5.41. The fourth-order valence-corrected chi connectivity index (χ4v) is 2.25. The van der Waals surface area contributed by atoms with E-state index in [0.29, 0.717) is 5.56 Å². The van der Waals surface area contributed by atoms with E-state index in [0.717, 1.165) is 43.4 Å². The summed E-state index contributed by atoms with van der Waals surface area (Å²) in [6.07, 6.45) is 4.37. The van der Waals surface area contributed by atoms with E-state index in [-0.39, 0.29) is 5.75 Å². The molecule has 0 unspecified atom stereocenters. The van der Waals surface area contributed by atoms with Crippen LogP contribution in [0.15, 0.2) is 42.5 Å². The maximum Gasteiger partial charge on any atom is 0.343 e. The van der Waals surface area contributed by atoms with Gasteiger partial charge < -0.3 is 4.74 Å². The van der Waals surface area contributed by atoms with E-state index in [2.05, 4.69) is 6.92 Å². The number of unbranched alkanes of at least 4 members (excludes halogenated alkanes) is 2. The molecule has 5 nitrogen and oxygen atoms in total. The van der Waals surface area contributed by atoms with Crippen LogP contribution in [0.5, 0.6) is 5.75 Å². The predicted octanol–water partition coefficient (Wildman–Crippen LogP) is 4.69. The van der Waals surface area contributed by atoms with Gasteiger partial charge in [-0.15, -0.1) is 0 Å².